The molecule has 0 saturated carbocycles. The molecular formula is C19H15N3O5. The molecule has 1 heterocycles. The highest BCUT2D eigenvalue weighted by Crippen LogP contribution is 2.31. The predicted molar refractivity (Wildman–Crippen MR) is 98.7 cm³/mol. The largest absolute Gasteiger partial charge is 0.473 e. The van der Waals surface area contributed by atoms with E-state index in [4.69, 9.17) is 9.84 Å². The Morgan fingerprint density at radius 1 is 1.11 bits per heavy atom. The van der Waals surface area contributed by atoms with Gasteiger partial charge in [-0.25, -0.2) is 9.78 Å². The van der Waals surface area contributed by atoms with E-state index < -0.39 is 11.0 Å². The number of anilines is 1. The molecule has 0 atom stereocenters. The molecule has 0 saturated heterocycles. The molecule has 2 N–H and O–H groups in total. The van der Waals surface area contributed by atoms with Crippen molar-refractivity contribution < 1.29 is 19.6 Å². The van der Waals surface area contributed by atoms with Crippen molar-refractivity contribution in [3.63, 3.8) is 0 Å². The lowest BCUT2D eigenvalue weighted by Gasteiger charge is -2.08. The molecule has 0 bridgehead atoms. The Labute approximate surface area is 154 Å². The lowest BCUT2D eigenvalue weighted by Crippen LogP contribution is -2.09. The summed E-state index contributed by atoms with van der Waals surface area (Å²) in [5, 5.41) is 22.0. The Bertz CT molecular complexity index is 959. The second kappa shape index (κ2) is 7.96. The Hall–Kier alpha value is -3.94. The van der Waals surface area contributed by atoms with Crippen LogP contribution in [0.25, 0.3) is 11.1 Å². The average molecular weight is 365 g/mol. The van der Waals surface area contributed by atoms with E-state index in [1.807, 2.05) is 35.6 Å². The first-order chi connectivity index (χ1) is 13.0. The van der Waals surface area contributed by atoms with Crippen molar-refractivity contribution in [1.29, 1.82) is 0 Å². The number of hydrogen-bond acceptors (Lipinski definition) is 5. The molecule has 27 heavy (non-hydrogen) atoms. The van der Waals surface area contributed by atoms with Gasteiger partial charge in [0.25, 0.3) is 5.69 Å². The lowest BCUT2D eigenvalue weighted by molar-refractivity contribution is -0.383. The van der Waals surface area contributed by atoms with Crippen molar-refractivity contribution >= 4 is 17.5 Å². The standard InChI is InChI=1S/C19H15N3O5/c23-19(24)21-16-8-6-14(10-17(16)22(25)26)15-7-9-18(20-11-15)27-12-13-4-2-1-3-5-13/h1-11,21H,12H2,(H,23,24). The SMILES string of the molecule is O=C(O)Nc1ccc(-c2ccc(OCc3ccccc3)nc2)cc1[N+](=O)[O-]. The molecule has 3 rings (SSSR count). The van der Waals surface area contributed by atoms with Crippen LogP contribution in [0, 0.1) is 10.1 Å². The van der Waals surface area contributed by atoms with Gasteiger partial charge in [0.05, 0.1) is 4.92 Å². The summed E-state index contributed by atoms with van der Waals surface area (Å²) in [6.45, 7) is 0.383. The van der Waals surface area contributed by atoms with Crippen LogP contribution in [0.3, 0.4) is 0 Å². The molecule has 0 fully saturated rings. The number of nitrogens with one attached hydrogen (secondary N) is 1. The highest BCUT2D eigenvalue weighted by atomic mass is 16.6. The van der Waals surface area contributed by atoms with Gasteiger partial charge in [-0.15, -0.1) is 0 Å². The van der Waals surface area contributed by atoms with Gasteiger partial charge < -0.3 is 9.84 Å². The van der Waals surface area contributed by atoms with Gasteiger partial charge in [-0.3, -0.25) is 15.4 Å². The normalized spacial score (nSPS) is 10.2. The van der Waals surface area contributed by atoms with E-state index in [0.29, 0.717) is 23.6 Å². The summed E-state index contributed by atoms with van der Waals surface area (Å²) in [4.78, 5) is 25.5. The summed E-state index contributed by atoms with van der Waals surface area (Å²) in [5.74, 6) is 0.432. The van der Waals surface area contributed by atoms with Crippen molar-refractivity contribution in [3.05, 3.63) is 82.5 Å². The zero-order valence-corrected chi connectivity index (χ0v) is 14.0. The molecule has 2 aromatic carbocycles. The molecular weight excluding hydrogens is 350 g/mol. The average Bonchev–Trinajstić information content (AvgIpc) is 2.67. The fourth-order valence-corrected chi connectivity index (χ4v) is 2.45. The quantitative estimate of drug-likeness (QED) is 0.496. The third-order valence-electron chi connectivity index (χ3n) is 3.74. The molecule has 0 radical (unpaired) electrons. The van der Waals surface area contributed by atoms with Crippen LogP contribution in [-0.2, 0) is 6.61 Å². The maximum absolute atomic E-state index is 11.2. The number of aromatic nitrogens is 1. The molecule has 8 nitrogen and oxygen atoms in total. The molecule has 0 aliphatic rings. The number of nitro groups is 1. The summed E-state index contributed by atoms with van der Waals surface area (Å²) >= 11 is 0. The van der Waals surface area contributed by atoms with Crippen LogP contribution in [0.1, 0.15) is 5.56 Å². The van der Waals surface area contributed by atoms with Crippen LogP contribution >= 0.6 is 0 Å². The molecule has 0 spiro atoms. The number of nitro benzene ring substituents is 1. The van der Waals surface area contributed by atoms with Gasteiger partial charge in [-0.1, -0.05) is 36.4 Å². The number of amides is 1. The number of rotatable bonds is 6. The zero-order valence-electron chi connectivity index (χ0n) is 14.0. The van der Waals surface area contributed by atoms with Crippen molar-refractivity contribution in [3.8, 4) is 17.0 Å². The fourth-order valence-electron chi connectivity index (χ4n) is 2.45. The van der Waals surface area contributed by atoms with Gasteiger partial charge in [0, 0.05) is 23.9 Å². The summed E-state index contributed by atoms with van der Waals surface area (Å²) in [7, 11) is 0. The van der Waals surface area contributed by atoms with Crippen molar-refractivity contribution in [2.75, 3.05) is 5.32 Å². The fraction of sp³-hybridized carbons (Fsp3) is 0.0526. The Kier molecular flexibility index (Phi) is 5.27. The maximum Gasteiger partial charge on any atom is 0.409 e. The lowest BCUT2D eigenvalue weighted by atomic mass is 10.1. The number of pyridine rings is 1. The predicted octanol–water partition coefficient (Wildman–Crippen LogP) is 4.33. The van der Waals surface area contributed by atoms with E-state index in [0.717, 1.165) is 5.56 Å². The topological polar surface area (TPSA) is 115 Å². The van der Waals surface area contributed by atoms with Crippen LogP contribution in [0.2, 0.25) is 0 Å². The van der Waals surface area contributed by atoms with E-state index in [2.05, 4.69) is 4.98 Å². The minimum atomic E-state index is -1.37. The van der Waals surface area contributed by atoms with Gasteiger partial charge in [-0.2, -0.15) is 0 Å². The monoisotopic (exact) mass is 365 g/mol. The number of nitrogens with zero attached hydrogens (tertiary/aromatic N) is 2. The third kappa shape index (κ3) is 4.57. The van der Waals surface area contributed by atoms with Gasteiger partial charge in [0.1, 0.15) is 12.3 Å². The van der Waals surface area contributed by atoms with Crippen molar-refractivity contribution in [2.45, 2.75) is 6.61 Å². The molecule has 0 unspecified atom stereocenters. The van der Waals surface area contributed by atoms with Gasteiger partial charge in [0.15, 0.2) is 0 Å². The Morgan fingerprint density at radius 2 is 1.85 bits per heavy atom. The molecule has 3 aromatic rings. The van der Waals surface area contributed by atoms with Gasteiger partial charge in [0.2, 0.25) is 5.88 Å². The van der Waals surface area contributed by atoms with Crippen LogP contribution in [0.5, 0.6) is 5.88 Å². The van der Waals surface area contributed by atoms with E-state index in [-0.39, 0.29) is 11.4 Å². The first-order valence-electron chi connectivity index (χ1n) is 7.94. The van der Waals surface area contributed by atoms with Crippen molar-refractivity contribution in [1.82, 2.24) is 4.98 Å². The molecule has 1 amide bonds. The van der Waals surface area contributed by atoms with Crippen LogP contribution in [0.15, 0.2) is 66.9 Å². The van der Waals surface area contributed by atoms with Gasteiger partial charge in [-0.05, 0) is 23.3 Å². The van der Waals surface area contributed by atoms with E-state index in [1.165, 1.54) is 12.1 Å². The number of benzene rings is 2. The first-order valence-corrected chi connectivity index (χ1v) is 7.94. The first kappa shape index (κ1) is 17.9. The van der Waals surface area contributed by atoms with Crippen LogP contribution in [0.4, 0.5) is 16.2 Å². The van der Waals surface area contributed by atoms with Crippen LogP contribution < -0.4 is 10.1 Å². The smallest absolute Gasteiger partial charge is 0.409 e. The van der Waals surface area contributed by atoms with E-state index in [1.54, 1.807) is 24.4 Å². The van der Waals surface area contributed by atoms with E-state index >= 15 is 0 Å². The molecule has 1 aromatic heterocycles. The number of carbonyl (C=O) groups is 1. The molecule has 0 aliphatic heterocycles. The zero-order chi connectivity index (χ0) is 19.2. The highest BCUT2D eigenvalue weighted by molar-refractivity contribution is 5.87. The number of carboxylic acid groups (broad SMARTS) is 1. The van der Waals surface area contributed by atoms with E-state index in [9.17, 15) is 14.9 Å². The summed E-state index contributed by atoms with van der Waals surface area (Å²) in [5.41, 5.74) is 1.78. The Morgan fingerprint density at radius 3 is 2.48 bits per heavy atom. The minimum Gasteiger partial charge on any atom is -0.473 e. The Balaban J connectivity index is 1.77. The van der Waals surface area contributed by atoms with Gasteiger partial charge >= 0.3 is 6.09 Å². The van der Waals surface area contributed by atoms with Crippen molar-refractivity contribution in [2.24, 2.45) is 0 Å². The molecule has 8 heteroatoms. The summed E-state index contributed by atoms with van der Waals surface area (Å²) < 4.78 is 5.61. The minimum absolute atomic E-state index is 0.0907. The maximum atomic E-state index is 11.2. The molecule has 0 aliphatic carbocycles. The highest BCUT2D eigenvalue weighted by Gasteiger charge is 2.17. The summed E-state index contributed by atoms with van der Waals surface area (Å²) in [6.07, 6.45) is 0.177. The van der Waals surface area contributed by atoms with Crippen LogP contribution in [-0.4, -0.2) is 21.1 Å². The number of hydrogen-bond donors (Lipinski definition) is 2. The molecule has 136 valence electrons. The second-order valence-corrected chi connectivity index (χ2v) is 5.58. The third-order valence-corrected chi connectivity index (χ3v) is 3.74. The number of ether oxygens (including phenoxy) is 1. The second-order valence-electron chi connectivity index (χ2n) is 5.58. The summed E-state index contributed by atoms with van der Waals surface area (Å²) in [6, 6.07) is 17.3.